The number of para-hydroxylation sites is 2. The summed E-state index contributed by atoms with van der Waals surface area (Å²) in [5.74, 6) is 1.66. The summed E-state index contributed by atoms with van der Waals surface area (Å²) in [6.45, 7) is 7.03. The topological polar surface area (TPSA) is 71.1 Å². The van der Waals surface area contributed by atoms with E-state index in [9.17, 15) is 9.59 Å². The van der Waals surface area contributed by atoms with Crippen LogP contribution in [0.3, 0.4) is 0 Å². The van der Waals surface area contributed by atoms with Crippen molar-refractivity contribution >= 4 is 17.6 Å². The molecule has 34 heavy (non-hydrogen) atoms. The van der Waals surface area contributed by atoms with Crippen LogP contribution >= 0.6 is 0 Å². The van der Waals surface area contributed by atoms with Crippen molar-refractivity contribution in [3.05, 3.63) is 54.1 Å². The van der Waals surface area contributed by atoms with Crippen molar-refractivity contribution in [3.63, 3.8) is 0 Å². The van der Waals surface area contributed by atoms with Gasteiger partial charge >= 0.3 is 6.03 Å². The summed E-state index contributed by atoms with van der Waals surface area (Å²) in [7, 11) is 0. The Morgan fingerprint density at radius 1 is 1.06 bits per heavy atom. The second-order valence-electron chi connectivity index (χ2n) is 8.89. The molecule has 7 nitrogen and oxygen atoms in total. The number of hydrogen-bond acceptors (Lipinski definition) is 4. The molecular formula is C27H35N3O4. The van der Waals surface area contributed by atoms with Gasteiger partial charge in [-0.15, -0.1) is 0 Å². The quantitative estimate of drug-likeness (QED) is 0.664. The molecular weight excluding hydrogens is 430 g/mol. The number of urea groups is 1. The number of hydrogen-bond donors (Lipinski definition) is 1. The van der Waals surface area contributed by atoms with Crippen molar-refractivity contribution in [2.45, 2.75) is 45.6 Å². The van der Waals surface area contributed by atoms with E-state index in [0.29, 0.717) is 45.6 Å². The fraction of sp³-hybridized carbons (Fsp3) is 0.481. The van der Waals surface area contributed by atoms with Crippen molar-refractivity contribution in [1.29, 1.82) is 0 Å². The summed E-state index contributed by atoms with van der Waals surface area (Å²) >= 11 is 0. The molecule has 0 bridgehead atoms. The van der Waals surface area contributed by atoms with Crippen LogP contribution in [0.2, 0.25) is 0 Å². The smallest absolute Gasteiger partial charge is 0.324 e. The number of carbonyl (C=O) groups is 2. The maximum atomic E-state index is 13.3. The fourth-order valence-electron chi connectivity index (χ4n) is 4.59. The maximum absolute atomic E-state index is 13.3. The lowest BCUT2D eigenvalue weighted by Gasteiger charge is -2.39. The van der Waals surface area contributed by atoms with Gasteiger partial charge < -0.3 is 19.7 Å². The second kappa shape index (κ2) is 11.3. The Morgan fingerprint density at radius 3 is 2.50 bits per heavy atom. The van der Waals surface area contributed by atoms with Gasteiger partial charge in [0.05, 0.1) is 18.8 Å². The van der Waals surface area contributed by atoms with E-state index in [0.717, 1.165) is 30.0 Å². The van der Waals surface area contributed by atoms with Gasteiger partial charge in [-0.3, -0.25) is 9.69 Å². The second-order valence-corrected chi connectivity index (χ2v) is 8.89. The zero-order valence-corrected chi connectivity index (χ0v) is 20.2. The Bertz CT molecular complexity index is 970. The molecule has 2 heterocycles. The molecule has 2 aliphatic heterocycles. The SMILES string of the molecule is CCOc1ccc(CCNC(=O)C2CCN(C(=O)N3CC(CC)Oc4ccccc43)CC2)cc1. The molecule has 1 unspecified atom stereocenters. The van der Waals surface area contributed by atoms with E-state index in [-0.39, 0.29) is 24.0 Å². The Kier molecular flexibility index (Phi) is 7.93. The predicted octanol–water partition coefficient (Wildman–Crippen LogP) is 4.25. The number of ether oxygens (including phenoxy) is 2. The summed E-state index contributed by atoms with van der Waals surface area (Å²) in [5.41, 5.74) is 1.99. The molecule has 1 fully saturated rings. The fourth-order valence-corrected chi connectivity index (χ4v) is 4.59. The van der Waals surface area contributed by atoms with Crippen LogP contribution in [-0.2, 0) is 11.2 Å². The van der Waals surface area contributed by atoms with E-state index in [4.69, 9.17) is 9.47 Å². The van der Waals surface area contributed by atoms with Crippen LogP contribution in [-0.4, -0.2) is 55.7 Å². The average molecular weight is 466 g/mol. The summed E-state index contributed by atoms with van der Waals surface area (Å²) in [5, 5.41) is 3.07. The minimum atomic E-state index is -0.0512. The van der Waals surface area contributed by atoms with Crippen molar-refractivity contribution < 1.29 is 19.1 Å². The number of nitrogens with one attached hydrogen (secondary N) is 1. The first-order valence-electron chi connectivity index (χ1n) is 12.4. The lowest BCUT2D eigenvalue weighted by Crippen LogP contribution is -2.52. The van der Waals surface area contributed by atoms with E-state index < -0.39 is 0 Å². The first-order valence-corrected chi connectivity index (χ1v) is 12.4. The van der Waals surface area contributed by atoms with Crippen molar-refractivity contribution in [2.24, 2.45) is 5.92 Å². The van der Waals surface area contributed by atoms with E-state index in [1.54, 1.807) is 0 Å². The highest BCUT2D eigenvalue weighted by Gasteiger charge is 2.34. The van der Waals surface area contributed by atoms with Crippen molar-refractivity contribution in [1.82, 2.24) is 10.2 Å². The summed E-state index contributed by atoms with van der Waals surface area (Å²) in [6.07, 6.45) is 2.99. The Balaban J connectivity index is 1.25. The van der Waals surface area contributed by atoms with E-state index in [1.807, 2.05) is 65.3 Å². The number of likely N-dealkylation sites (tertiary alicyclic amines) is 1. The molecule has 0 aromatic heterocycles. The lowest BCUT2D eigenvalue weighted by molar-refractivity contribution is -0.126. The number of amides is 3. The Hall–Kier alpha value is -3.22. The molecule has 2 aromatic rings. The van der Waals surface area contributed by atoms with Crippen LogP contribution in [0.15, 0.2) is 48.5 Å². The highest BCUT2D eigenvalue weighted by Crippen LogP contribution is 2.35. The van der Waals surface area contributed by atoms with Gasteiger partial charge in [0.15, 0.2) is 0 Å². The number of rotatable bonds is 7. The minimum Gasteiger partial charge on any atom is -0.494 e. The van der Waals surface area contributed by atoms with E-state index >= 15 is 0 Å². The van der Waals surface area contributed by atoms with Gasteiger partial charge in [0.2, 0.25) is 5.91 Å². The third kappa shape index (κ3) is 5.64. The zero-order valence-electron chi connectivity index (χ0n) is 20.2. The monoisotopic (exact) mass is 465 g/mol. The highest BCUT2D eigenvalue weighted by atomic mass is 16.5. The molecule has 1 saturated heterocycles. The maximum Gasteiger partial charge on any atom is 0.324 e. The summed E-state index contributed by atoms with van der Waals surface area (Å²) in [6, 6.07) is 15.7. The van der Waals surface area contributed by atoms with Gasteiger partial charge in [-0.25, -0.2) is 4.79 Å². The third-order valence-electron chi connectivity index (χ3n) is 6.61. The molecule has 182 valence electrons. The predicted molar refractivity (Wildman–Crippen MR) is 133 cm³/mol. The first kappa shape index (κ1) is 23.9. The Labute approximate surface area is 202 Å². The normalized spacial score (nSPS) is 18.1. The molecule has 4 rings (SSSR count). The van der Waals surface area contributed by atoms with Crippen LogP contribution in [0.4, 0.5) is 10.5 Å². The van der Waals surface area contributed by atoms with Gasteiger partial charge in [0, 0.05) is 25.6 Å². The van der Waals surface area contributed by atoms with Crippen LogP contribution in [0.25, 0.3) is 0 Å². The Morgan fingerprint density at radius 2 is 1.79 bits per heavy atom. The average Bonchev–Trinajstić information content (AvgIpc) is 2.88. The molecule has 2 aliphatic rings. The van der Waals surface area contributed by atoms with Crippen molar-refractivity contribution in [3.8, 4) is 11.5 Å². The van der Waals surface area contributed by atoms with Crippen LogP contribution in [0.1, 0.15) is 38.7 Å². The van der Waals surface area contributed by atoms with Crippen LogP contribution in [0.5, 0.6) is 11.5 Å². The molecule has 2 aromatic carbocycles. The number of anilines is 1. The largest absolute Gasteiger partial charge is 0.494 e. The van der Waals surface area contributed by atoms with Crippen LogP contribution < -0.4 is 19.7 Å². The van der Waals surface area contributed by atoms with Gasteiger partial charge in [0.25, 0.3) is 0 Å². The van der Waals surface area contributed by atoms with E-state index in [2.05, 4.69) is 12.2 Å². The van der Waals surface area contributed by atoms with Gasteiger partial charge in [-0.2, -0.15) is 0 Å². The summed E-state index contributed by atoms with van der Waals surface area (Å²) in [4.78, 5) is 29.7. The van der Waals surface area contributed by atoms with Crippen molar-refractivity contribution in [2.75, 3.05) is 37.7 Å². The number of benzene rings is 2. The molecule has 3 amide bonds. The molecule has 1 atom stereocenters. The third-order valence-corrected chi connectivity index (χ3v) is 6.61. The van der Waals surface area contributed by atoms with Gasteiger partial charge in [-0.05, 0) is 62.4 Å². The number of nitrogens with zero attached hydrogens (tertiary/aromatic N) is 2. The number of carbonyl (C=O) groups excluding carboxylic acids is 2. The highest BCUT2D eigenvalue weighted by molar-refractivity contribution is 5.94. The zero-order chi connectivity index (χ0) is 23.9. The molecule has 1 N–H and O–H groups in total. The van der Waals surface area contributed by atoms with Gasteiger partial charge in [-0.1, -0.05) is 31.2 Å². The standard InChI is InChI=1S/C27H35N3O4/c1-3-22-19-30(24-7-5-6-8-25(24)34-22)27(32)29-17-14-21(15-18-29)26(31)28-16-13-20-9-11-23(12-10-20)33-4-2/h5-12,21-22H,3-4,13-19H2,1-2H3,(H,28,31). The number of fused-ring (bicyclic) bond motifs is 1. The molecule has 0 saturated carbocycles. The number of piperidine rings is 1. The van der Waals surface area contributed by atoms with Crippen LogP contribution in [0, 0.1) is 5.92 Å². The molecule has 0 radical (unpaired) electrons. The molecule has 0 aliphatic carbocycles. The van der Waals surface area contributed by atoms with Gasteiger partial charge in [0.1, 0.15) is 17.6 Å². The molecule has 7 heteroatoms. The minimum absolute atomic E-state index is 0.00228. The van der Waals surface area contributed by atoms with E-state index in [1.165, 1.54) is 5.56 Å². The summed E-state index contributed by atoms with van der Waals surface area (Å²) < 4.78 is 11.5. The first-order chi connectivity index (χ1) is 16.6. The lowest BCUT2D eigenvalue weighted by atomic mass is 9.96. The molecule has 0 spiro atoms.